The topological polar surface area (TPSA) is 26.0 Å². The predicted molar refractivity (Wildman–Crippen MR) is 90.9 cm³/mol. The van der Waals surface area contributed by atoms with E-state index in [0.29, 0.717) is 20.8 Å². The number of hydrogen-bond acceptors (Lipinski definition) is 2. The first kappa shape index (κ1) is 19.0. The summed E-state index contributed by atoms with van der Waals surface area (Å²) >= 11 is 19.5. The molecule has 0 fully saturated rings. The molecule has 2 aromatic rings. The van der Waals surface area contributed by atoms with Gasteiger partial charge in [0.15, 0.2) is 0 Å². The summed E-state index contributed by atoms with van der Waals surface area (Å²) in [6.07, 6.45) is 0. The number of hydrogen-bond donors (Lipinski definition) is 1. The molecule has 0 bridgehead atoms. The molecule has 2 rings (SSSR count). The van der Waals surface area contributed by atoms with Gasteiger partial charge in [0, 0.05) is 20.5 Å². The van der Waals surface area contributed by atoms with Gasteiger partial charge in [0.25, 0.3) is 0 Å². The summed E-state index contributed by atoms with van der Waals surface area (Å²) in [7, 11) is 0. The number of benzene rings is 2. The monoisotopic (exact) mass is 375 g/mol. The molecule has 0 atom stereocenters. The minimum absolute atomic E-state index is 0. The van der Waals surface area contributed by atoms with E-state index in [1.54, 1.807) is 24.3 Å². The van der Waals surface area contributed by atoms with Crippen molar-refractivity contribution in [3.8, 4) is 0 Å². The van der Waals surface area contributed by atoms with Crippen molar-refractivity contribution in [2.24, 2.45) is 0 Å². The summed E-state index contributed by atoms with van der Waals surface area (Å²) in [5.41, 5.74) is 6.27. The van der Waals surface area contributed by atoms with E-state index in [1.807, 2.05) is 12.1 Å². The normalized spacial score (nSPS) is 9.42. The Bertz CT molecular complexity index is 512. The number of rotatable bonds is 2. The van der Waals surface area contributed by atoms with Crippen molar-refractivity contribution < 1.29 is 0 Å². The van der Waals surface area contributed by atoms with Crippen LogP contribution in [-0.4, -0.2) is 0 Å². The Balaban J connectivity index is 0.00000162. The van der Waals surface area contributed by atoms with Crippen molar-refractivity contribution in [1.82, 2.24) is 0 Å². The highest BCUT2D eigenvalue weighted by molar-refractivity contribution is 7.99. The first-order chi connectivity index (χ1) is 8.06. The Kier molecular flexibility index (Phi) is 8.37. The van der Waals surface area contributed by atoms with E-state index in [2.05, 4.69) is 0 Å². The number of halogens is 5. The second kappa shape index (κ2) is 8.35. The molecule has 0 unspecified atom stereocenters. The number of anilines is 1. The van der Waals surface area contributed by atoms with Crippen molar-refractivity contribution >= 4 is 77.1 Å². The summed E-state index contributed by atoms with van der Waals surface area (Å²) in [5.74, 6) is 0. The highest BCUT2D eigenvalue weighted by Gasteiger charge is 2.07. The summed E-state index contributed by atoms with van der Waals surface area (Å²) in [4.78, 5) is 1.81. The van der Waals surface area contributed by atoms with Crippen molar-refractivity contribution in [2.45, 2.75) is 9.79 Å². The summed E-state index contributed by atoms with van der Waals surface area (Å²) in [6.45, 7) is 0. The molecule has 0 amide bonds. The lowest BCUT2D eigenvalue weighted by Gasteiger charge is -2.07. The van der Waals surface area contributed by atoms with Gasteiger partial charge in [-0.25, -0.2) is 0 Å². The van der Waals surface area contributed by atoms with Crippen LogP contribution in [0.1, 0.15) is 0 Å². The zero-order chi connectivity index (χ0) is 12.4. The van der Waals surface area contributed by atoms with E-state index in [9.17, 15) is 0 Å². The minimum Gasteiger partial charge on any atom is -0.399 e. The van der Waals surface area contributed by atoms with E-state index in [0.717, 1.165) is 9.79 Å². The largest absolute Gasteiger partial charge is 0.399 e. The molecule has 19 heavy (non-hydrogen) atoms. The van der Waals surface area contributed by atoms with Crippen LogP contribution in [0.5, 0.6) is 0 Å². The molecule has 0 heterocycles. The summed E-state index contributed by atoms with van der Waals surface area (Å²) in [6, 6.07) is 10.7. The van der Waals surface area contributed by atoms with Crippen LogP contribution < -0.4 is 5.73 Å². The minimum atomic E-state index is 0. The highest BCUT2D eigenvalue weighted by Crippen LogP contribution is 2.38. The summed E-state index contributed by atoms with van der Waals surface area (Å²) in [5, 5.41) is 1.83. The van der Waals surface area contributed by atoms with Crippen LogP contribution in [0.2, 0.25) is 15.1 Å². The van der Waals surface area contributed by atoms with Gasteiger partial charge in [-0.2, -0.15) is 0 Å². The molecule has 2 N–H and O–H groups in total. The lowest BCUT2D eigenvalue weighted by Crippen LogP contribution is -1.84. The van der Waals surface area contributed by atoms with Crippen LogP contribution >= 0.6 is 71.4 Å². The number of nitrogen functional groups attached to an aromatic ring is 1. The fraction of sp³-hybridized carbons (Fsp3) is 0. The van der Waals surface area contributed by atoms with Gasteiger partial charge >= 0.3 is 0 Å². The van der Waals surface area contributed by atoms with Crippen LogP contribution in [-0.2, 0) is 0 Å². The van der Waals surface area contributed by atoms with Crippen LogP contribution in [0.15, 0.2) is 46.2 Å². The Morgan fingerprint density at radius 2 is 1.32 bits per heavy atom. The van der Waals surface area contributed by atoms with E-state index in [1.165, 1.54) is 11.8 Å². The maximum Gasteiger partial charge on any atom is 0.0565 e. The Morgan fingerprint density at radius 1 is 0.789 bits per heavy atom. The molecule has 0 spiro atoms. The third-order valence-electron chi connectivity index (χ3n) is 2.07. The van der Waals surface area contributed by atoms with Gasteiger partial charge in [0.05, 0.1) is 10.0 Å². The Morgan fingerprint density at radius 3 is 1.84 bits per heavy atom. The zero-order valence-electron chi connectivity index (χ0n) is 9.40. The Labute approximate surface area is 143 Å². The van der Waals surface area contributed by atoms with Crippen molar-refractivity contribution in [3.63, 3.8) is 0 Å². The molecule has 0 radical (unpaired) electrons. The first-order valence-corrected chi connectivity index (χ1v) is 6.69. The molecule has 0 aromatic heterocycles. The molecule has 104 valence electrons. The van der Waals surface area contributed by atoms with Gasteiger partial charge in [-0.15, -0.1) is 24.8 Å². The molecule has 0 aliphatic heterocycles. The molecule has 0 aliphatic rings. The lowest BCUT2D eigenvalue weighted by atomic mass is 10.3. The second-order valence-electron chi connectivity index (χ2n) is 3.37. The molecule has 2 aromatic carbocycles. The first-order valence-electron chi connectivity index (χ1n) is 4.74. The average Bonchev–Trinajstić information content (AvgIpc) is 2.25. The fourth-order valence-electron chi connectivity index (χ4n) is 1.28. The molecule has 7 heteroatoms. The van der Waals surface area contributed by atoms with Gasteiger partial charge in [-0.3, -0.25) is 0 Å². The van der Waals surface area contributed by atoms with Crippen LogP contribution in [0.3, 0.4) is 0 Å². The van der Waals surface area contributed by atoms with Crippen molar-refractivity contribution in [3.05, 3.63) is 51.5 Å². The quantitative estimate of drug-likeness (QED) is 0.628. The molecular formula is C12H10Cl5NS. The maximum absolute atomic E-state index is 6.09. The van der Waals surface area contributed by atoms with Gasteiger partial charge in [-0.05, 0) is 36.4 Å². The standard InChI is InChI=1S/C12H8Cl3NS.2ClH/c13-7-1-3-11(9(14)5-7)17-12-4-2-8(16)6-10(12)15;;/h1-6H,16H2;2*1H. The van der Waals surface area contributed by atoms with Gasteiger partial charge in [0.2, 0.25) is 0 Å². The van der Waals surface area contributed by atoms with Gasteiger partial charge in [0.1, 0.15) is 0 Å². The van der Waals surface area contributed by atoms with E-state index in [4.69, 9.17) is 40.5 Å². The average molecular weight is 378 g/mol. The van der Waals surface area contributed by atoms with Crippen molar-refractivity contribution in [1.29, 1.82) is 0 Å². The third-order valence-corrected chi connectivity index (χ3v) is 4.31. The molecule has 0 saturated carbocycles. The smallest absolute Gasteiger partial charge is 0.0565 e. The van der Waals surface area contributed by atoms with E-state index < -0.39 is 0 Å². The molecule has 1 nitrogen and oxygen atoms in total. The third kappa shape index (κ3) is 5.14. The molecule has 0 aliphatic carbocycles. The van der Waals surface area contributed by atoms with Crippen LogP contribution in [0.4, 0.5) is 5.69 Å². The zero-order valence-corrected chi connectivity index (χ0v) is 14.1. The lowest BCUT2D eigenvalue weighted by molar-refractivity contribution is 1.41. The Hall–Kier alpha value is 0.0400. The highest BCUT2D eigenvalue weighted by atomic mass is 35.5. The predicted octanol–water partition coefficient (Wildman–Crippen LogP) is 6.22. The number of nitrogens with two attached hydrogens (primary N) is 1. The van der Waals surface area contributed by atoms with E-state index in [-0.39, 0.29) is 24.8 Å². The van der Waals surface area contributed by atoms with Crippen molar-refractivity contribution in [2.75, 3.05) is 5.73 Å². The van der Waals surface area contributed by atoms with Gasteiger partial charge < -0.3 is 5.73 Å². The van der Waals surface area contributed by atoms with Crippen LogP contribution in [0.25, 0.3) is 0 Å². The fourth-order valence-corrected chi connectivity index (χ4v) is 2.93. The van der Waals surface area contributed by atoms with Crippen LogP contribution in [0, 0.1) is 0 Å². The molecular weight excluding hydrogens is 367 g/mol. The summed E-state index contributed by atoms with van der Waals surface area (Å²) < 4.78 is 0. The van der Waals surface area contributed by atoms with Gasteiger partial charge in [-0.1, -0.05) is 46.6 Å². The maximum atomic E-state index is 6.09. The van der Waals surface area contributed by atoms with E-state index >= 15 is 0 Å². The second-order valence-corrected chi connectivity index (χ2v) is 5.70. The SMILES string of the molecule is Cl.Cl.Nc1ccc(Sc2ccc(Cl)cc2Cl)c(Cl)c1. The molecule has 0 saturated heterocycles.